The van der Waals surface area contributed by atoms with E-state index in [1.165, 1.54) is 23.5 Å². The summed E-state index contributed by atoms with van der Waals surface area (Å²) < 4.78 is 25.0. The molecule has 0 atom stereocenters. The third-order valence-electron chi connectivity index (χ3n) is 2.98. The Labute approximate surface area is 129 Å². The highest BCUT2D eigenvalue weighted by Gasteiger charge is 2.08. The van der Waals surface area contributed by atoms with Crippen molar-refractivity contribution in [3.63, 3.8) is 0 Å². The van der Waals surface area contributed by atoms with Crippen molar-refractivity contribution in [2.45, 2.75) is 13.0 Å². The first-order valence-corrected chi connectivity index (χ1v) is 7.40. The number of hydrogen-bond acceptors (Lipinski definition) is 5. The SMILES string of the molecule is FC(F)c1ccc(CNc2nnc(-c3ccccn3)s2)cc1. The Kier molecular flexibility index (Phi) is 4.34. The van der Waals surface area contributed by atoms with Crippen molar-refractivity contribution < 1.29 is 8.78 Å². The van der Waals surface area contributed by atoms with Gasteiger partial charge in [0.1, 0.15) is 5.69 Å². The van der Waals surface area contributed by atoms with Crippen molar-refractivity contribution in [3.8, 4) is 10.7 Å². The molecule has 0 unspecified atom stereocenters. The van der Waals surface area contributed by atoms with Crippen LogP contribution in [0.15, 0.2) is 48.7 Å². The molecule has 112 valence electrons. The van der Waals surface area contributed by atoms with E-state index in [0.717, 1.165) is 16.3 Å². The fourth-order valence-electron chi connectivity index (χ4n) is 1.85. The molecule has 2 aromatic heterocycles. The Morgan fingerprint density at radius 1 is 1.05 bits per heavy atom. The number of nitrogens with one attached hydrogen (secondary N) is 1. The van der Waals surface area contributed by atoms with Gasteiger partial charge in [0.2, 0.25) is 5.13 Å². The molecule has 3 rings (SSSR count). The van der Waals surface area contributed by atoms with E-state index in [-0.39, 0.29) is 5.56 Å². The van der Waals surface area contributed by atoms with Crippen LogP contribution in [0.25, 0.3) is 10.7 Å². The number of rotatable bonds is 5. The lowest BCUT2D eigenvalue weighted by Gasteiger charge is -2.04. The molecular formula is C15H12F2N4S. The summed E-state index contributed by atoms with van der Waals surface area (Å²) in [4.78, 5) is 4.22. The minimum absolute atomic E-state index is 0.0251. The van der Waals surface area contributed by atoms with Crippen LogP contribution in [0, 0.1) is 0 Å². The van der Waals surface area contributed by atoms with Gasteiger partial charge in [0.25, 0.3) is 6.43 Å². The van der Waals surface area contributed by atoms with Crippen molar-refractivity contribution >= 4 is 16.5 Å². The minimum atomic E-state index is -2.44. The Balaban J connectivity index is 1.63. The number of anilines is 1. The molecule has 1 aromatic carbocycles. The Morgan fingerprint density at radius 3 is 2.55 bits per heavy atom. The molecule has 0 fully saturated rings. The van der Waals surface area contributed by atoms with Gasteiger partial charge in [0.05, 0.1) is 0 Å². The van der Waals surface area contributed by atoms with E-state index in [2.05, 4.69) is 20.5 Å². The molecular weight excluding hydrogens is 306 g/mol. The lowest BCUT2D eigenvalue weighted by atomic mass is 10.1. The van der Waals surface area contributed by atoms with Gasteiger partial charge < -0.3 is 5.32 Å². The molecule has 0 saturated carbocycles. The maximum Gasteiger partial charge on any atom is 0.263 e. The molecule has 0 aliphatic carbocycles. The molecule has 22 heavy (non-hydrogen) atoms. The second kappa shape index (κ2) is 6.57. The van der Waals surface area contributed by atoms with Crippen LogP contribution in [0.4, 0.5) is 13.9 Å². The number of hydrogen-bond donors (Lipinski definition) is 1. The molecule has 0 bridgehead atoms. The first-order valence-electron chi connectivity index (χ1n) is 6.58. The second-order valence-electron chi connectivity index (χ2n) is 4.52. The van der Waals surface area contributed by atoms with Crippen LogP contribution in [-0.2, 0) is 6.54 Å². The van der Waals surface area contributed by atoms with Gasteiger partial charge in [-0.25, -0.2) is 8.78 Å². The van der Waals surface area contributed by atoms with Gasteiger partial charge in [-0.05, 0) is 17.7 Å². The number of halogens is 2. The Hall–Kier alpha value is -2.41. The predicted octanol–water partition coefficient (Wildman–Crippen LogP) is 4.15. The Bertz CT molecular complexity index is 729. The van der Waals surface area contributed by atoms with Crippen molar-refractivity contribution in [3.05, 3.63) is 59.8 Å². The van der Waals surface area contributed by atoms with Crippen LogP contribution in [0.1, 0.15) is 17.6 Å². The summed E-state index contributed by atoms with van der Waals surface area (Å²) in [5.41, 5.74) is 1.70. The summed E-state index contributed by atoms with van der Waals surface area (Å²) in [6, 6.07) is 11.8. The summed E-state index contributed by atoms with van der Waals surface area (Å²) in [5.74, 6) is 0. The number of nitrogens with zero attached hydrogens (tertiary/aromatic N) is 3. The second-order valence-corrected chi connectivity index (χ2v) is 5.50. The average Bonchev–Trinajstić information content (AvgIpc) is 3.03. The van der Waals surface area contributed by atoms with E-state index < -0.39 is 6.43 Å². The standard InChI is InChI=1S/C15H12F2N4S/c16-13(17)11-6-4-10(5-7-11)9-19-15-21-20-14(22-15)12-3-1-2-8-18-12/h1-8,13H,9H2,(H,19,21). The maximum atomic E-state index is 12.5. The van der Waals surface area contributed by atoms with E-state index in [1.54, 1.807) is 18.3 Å². The topological polar surface area (TPSA) is 50.7 Å². The van der Waals surface area contributed by atoms with E-state index in [1.807, 2.05) is 18.2 Å². The van der Waals surface area contributed by atoms with Gasteiger partial charge in [0, 0.05) is 18.3 Å². The van der Waals surface area contributed by atoms with Gasteiger partial charge >= 0.3 is 0 Å². The number of benzene rings is 1. The number of pyridine rings is 1. The molecule has 7 heteroatoms. The fraction of sp³-hybridized carbons (Fsp3) is 0.133. The third kappa shape index (κ3) is 3.43. The minimum Gasteiger partial charge on any atom is -0.356 e. The summed E-state index contributed by atoms with van der Waals surface area (Å²) in [6.45, 7) is 0.500. The third-order valence-corrected chi connectivity index (χ3v) is 3.89. The zero-order valence-electron chi connectivity index (χ0n) is 11.4. The van der Waals surface area contributed by atoms with E-state index >= 15 is 0 Å². The molecule has 0 saturated heterocycles. The van der Waals surface area contributed by atoms with Crippen molar-refractivity contribution in [2.24, 2.45) is 0 Å². The zero-order chi connectivity index (χ0) is 15.4. The Morgan fingerprint density at radius 2 is 1.86 bits per heavy atom. The zero-order valence-corrected chi connectivity index (χ0v) is 12.2. The molecule has 0 aliphatic heterocycles. The van der Waals surface area contributed by atoms with Gasteiger partial charge in [0.15, 0.2) is 5.01 Å². The number of aromatic nitrogens is 3. The van der Waals surface area contributed by atoms with Crippen LogP contribution in [0.2, 0.25) is 0 Å². The highest BCUT2D eigenvalue weighted by atomic mass is 32.1. The van der Waals surface area contributed by atoms with E-state index in [4.69, 9.17) is 0 Å². The highest BCUT2D eigenvalue weighted by Crippen LogP contribution is 2.25. The molecule has 0 aliphatic rings. The molecule has 4 nitrogen and oxygen atoms in total. The molecule has 3 aromatic rings. The monoisotopic (exact) mass is 318 g/mol. The van der Waals surface area contributed by atoms with Crippen LogP contribution >= 0.6 is 11.3 Å². The van der Waals surface area contributed by atoms with Gasteiger partial charge in [-0.3, -0.25) is 4.98 Å². The van der Waals surface area contributed by atoms with Crippen LogP contribution in [0.5, 0.6) is 0 Å². The summed E-state index contributed by atoms with van der Waals surface area (Å²) in [6.07, 6.45) is -0.736. The van der Waals surface area contributed by atoms with Crippen LogP contribution in [-0.4, -0.2) is 15.2 Å². The van der Waals surface area contributed by atoms with Gasteiger partial charge in [-0.2, -0.15) is 0 Å². The smallest absolute Gasteiger partial charge is 0.263 e. The van der Waals surface area contributed by atoms with E-state index in [9.17, 15) is 8.78 Å². The molecule has 1 N–H and O–H groups in total. The average molecular weight is 318 g/mol. The summed E-state index contributed by atoms with van der Waals surface area (Å²) in [7, 11) is 0. The fourth-order valence-corrected chi connectivity index (χ4v) is 2.56. The highest BCUT2D eigenvalue weighted by molar-refractivity contribution is 7.18. The van der Waals surface area contributed by atoms with Crippen molar-refractivity contribution in [2.75, 3.05) is 5.32 Å². The lowest BCUT2D eigenvalue weighted by Crippen LogP contribution is -1.99. The summed E-state index contributed by atoms with van der Waals surface area (Å²) >= 11 is 1.40. The number of alkyl halides is 2. The molecule has 0 spiro atoms. The lowest BCUT2D eigenvalue weighted by molar-refractivity contribution is 0.151. The molecule has 2 heterocycles. The van der Waals surface area contributed by atoms with Crippen LogP contribution in [0.3, 0.4) is 0 Å². The summed E-state index contributed by atoms with van der Waals surface area (Å²) in [5, 5.41) is 12.7. The largest absolute Gasteiger partial charge is 0.356 e. The van der Waals surface area contributed by atoms with E-state index in [0.29, 0.717) is 11.7 Å². The normalized spacial score (nSPS) is 10.9. The first kappa shape index (κ1) is 14.5. The van der Waals surface area contributed by atoms with Gasteiger partial charge in [-0.15, -0.1) is 10.2 Å². The predicted molar refractivity (Wildman–Crippen MR) is 81.9 cm³/mol. The molecule has 0 radical (unpaired) electrons. The quantitative estimate of drug-likeness (QED) is 0.768. The molecule has 0 amide bonds. The van der Waals surface area contributed by atoms with Crippen molar-refractivity contribution in [1.29, 1.82) is 0 Å². The van der Waals surface area contributed by atoms with Crippen LogP contribution < -0.4 is 5.32 Å². The first-order chi connectivity index (χ1) is 10.7. The van der Waals surface area contributed by atoms with Crippen molar-refractivity contribution in [1.82, 2.24) is 15.2 Å². The maximum absolute atomic E-state index is 12.5. The van der Waals surface area contributed by atoms with Gasteiger partial charge in [-0.1, -0.05) is 41.7 Å².